The molecular weight excluding hydrogens is 184 g/mol. The Morgan fingerprint density at radius 3 is 2.33 bits per heavy atom. The van der Waals surface area contributed by atoms with Gasteiger partial charge in [-0.15, -0.1) is 0 Å². The highest BCUT2D eigenvalue weighted by Crippen LogP contribution is 2.36. The molecule has 2 nitrogen and oxygen atoms in total. The van der Waals surface area contributed by atoms with Crippen LogP contribution in [0.3, 0.4) is 0 Å². The first-order valence-corrected chi connectivity index (χ1v) is 6.55. The van der Waals surface area contributed by atoms with Crippen molar-refractivity contribution < 1.29 is 0 Å². The number of hydrogen-bond acceptors (Lipinski definition) is 2. The lowest BCUT2D eigenvalue weighted by molar-refractivity contribution is 0.162. The minimum atomic E-state index is 0.811. The summed E-state index contributed by atoms with van der Waals surface area (Å²) in [4.78, 5) is 5.01. The summed E-state index contributed by atoms with van der Waals surface area (Å²) >= 11 is 0. The molecule has 0 unspecified atom stereocenters. The van der Waals surface area contributed by atoms with Crippen molar-refractivity contribution in [3.63, 3.8) is 0 Å². The van der Waals surface area contributed by atoms with Crippen LogP contribution >= 0.6 is 0 Å². The van der Waals surface area contributed by atoms with E-state index in [0.29, 0.717) is 0 Å². The van der Waals surface area contributed by atoms with E-state index in [1.54, 1.807) is 0 Å². The van der Waals surface area contributed by atoms with Crippen LogP contribution in [0.1, 0.15) is 38.5 Å². The minimum absolute atomic E-state index is 0.811. The van der Waals surface area contributed by atoms with E-state index in [1.807, 2.05) is 0 Å². The molecule has 0 aromatic rings. The van der Waals surface area contributed by atoms with Crippen molar-refractivity contribution in [1.82, 2.24) is 9.80 Å². The third kappa shape index (κ3) is 2.54. The standard InChI is InChI=1S/C13H26N2/c1-14(2)10-12-8-9-13(15(12)3)11-6-4-5-7-11/h11-13H,4-10H2,1-3H3/t12-,13+/m0/s1. The molecule has 0 aromatic heterocycles. The summed E-state index contributed by atoms with van der Waals surface area (Å²) in [5.74, 6) is 1.02. The molecule has 0 bridgehead atoms. The Morgan fingerprint density at radius 1 is 1.07 bits per heavy atom. The topological polar surface area (TPSA) is 6.48 Å². The van der Waals surface area contributed by atoms with Gasteiger partial charge in [-0.2, -0.15) is 0 Å². The molecule has 15 heavy (non-hydrogen) atoms. The van der Waals surface area contributed by atoms with Crippen LogP contribution in [0.15, 0.2) is 0 Å². The Morgan fingerprint density at radius 2 is 1.73 bits per heavy atom. The molecule has 88 valence electrons. The van der Waals surface area contributed by atoms with E-state index >= 15 is 0 Å². The molecule has 1 saturated carbocycles. The number of likely N-dealkylation sites (tertiary alicyclic amines) is 1. The molecule has 0 spiro atoms. The van der Waals surface area contributed by atoms with Gasteiger partial charge in [-0.3, -0.25) is 4.90 Å². The normalized spacial score (nSPS) is 34.4. The zero-order valence-corrected chi connectivity index (χ0v) is 10.6. The van der Waals surface area contributed by atoms with Crippen LogP contribution in [0, 0.1) is 5.92 Å². The van der Waals surface area contributed by atoms with E-state index in [1.165, 1.54) is 45.1 Å². The summed E-state index contributed by atoms with van der Waals surface area (Å²) in [6, 6.07) is 1.71. The second-order valence-electron chi connectivity index (χ2n) is 5.77. The molecule has 0 amide bonds. The summed E-state index contributed by atoms with van der Waals surface area (Å²) < 4.78 is 0. The quantitative estimate of drug-likeness (QED) is 0.704. The van der Waals surface area contributed by atoms with Gasteiger partial charge in [0, 0.05) is 18.6 Å². The van der Waals surface area contributed by atoms with Crippen LogP contribution in [0.5, 0.6) is 0 Å². The second kappa shape index (κ2) is 4.84. The van der Waals surface area contributed by atoms with Gasteiger partial charge in [0.25, 0.3) is 0 Å². The highest BCUT2D eigenvalue weighted by molar-refractivity contribution is 4.91. The molecule has 1 aliphatic carbocycles. The van der Waals surface area contributed by atoms with Crippen LogP contribution in [-0.2, 0) is 0 Å². The molecule has 1 heterocycles. The van der Waals surface area contributed by atoms with E-state index in [-0.39, 0.29) is 0 Å². The predicted molar refractivity (Wildman–Crippen MR) is 65.1 cm³/mol. The highest BCUT2D eigenvalue weighted by Gasteiger charge is 2.36. The molecule has 2 heteroatoms. The summed E-state index contributed by atoms with van der Waals surface area (Å²) in [5.41, 5.74) is 0. The summed E-state index contributed by atoms with van der Waals surface area (Å²) in [6.45, 7) is 1.24. The zero-order valence-electron chi connectivity index (χ0n) is 10.6. The van der Waals surface area contributed by atoms with E-state index in [4.69, 9.17) is 0 Å². The first-order valence-electron chi connectivity index (χ1n) is 6.55. The van der Waals surface area contributed by atoms with E-state index in [9.17, 15) is 0 Å². The van der Waals surface area contributed by atoms with Crippen LogP contribution in [0.25, 0.3) is 0 Å². The van der Waals surface area contributed by atoms with Crippen molar-refractivity contribution in [3.8, 4) is 0 Å². The molecule has 1 saturated heterocycles. The van der Waals surface area contributed by atoms with Gasteiger partial charge in [-0.25, -0.2) is 0 Å². The van der Waals surface area contributed by atoms with Gasteiger partial charge in [0.1, 0.15) is 0 Å². The van der Waals surface area contributed by atoms with Crippen LogP contribution < -0.4 is 0 Å². The third-order valence-electron chi connectivity index (χ3n) is 4.41. The van der Waals surface area contributed by atoms with E-state index in [0.717, 1.165) is 18.0 Å². The van der Waals surface area contributed by atoms with Crippen molar-refractivity contribution in [2.75, 3.05) is 27.7 Å². The van der Waals surface area contributed by atoms with Gasteiger partial charge < -0.3 is 4.90 Å². The van der Waals surface area contributed by atoms with Crippen molar-refractivity contribution in [2.45, 2.75) is 50.6 Å². The fraction of sp³-hybridized carbons (Fsp3) is 1.00. The Kier molecular flexibility index (Phi) is 3.68. The highest BCUT2D eigenvalue weighted by atomic mass is 15.2. The van der Waals surface area contributed by atoms with Gasteiger partial charge in [0.15, 0.2) is 0 Å². The molecule has 0 N–H and O–H groups in total. The molecule has 2 rings (SSSR count). The van der Waals surface area contributed by atoms with Gasteiger partial charge >= 0.3 is 0 Å². The zero-order chi connectivity index (χ0) is 10.8. The lowest BCUT2D eigenvalue weighted by atomic mass is 9.96. The monoisotopic (exact) mass is 210 g/mol. The smallest absolute Gasteiger partial charge is 0.0223 e. The predicted octanol–water partition coefficient (Wildman–Crippen LogP) is 2.20. The fourth-order valence-corrected chi connectivity index (χ4v) is 3.59. The van der Waals surface area contributed by atoms with Crippen LogP contribution in [0.2, 0.25) is 0 Å². The Balaban J connectivity index is 1.88. The molecule has 2 fully saturated rings. The third-order valence-corrected chi connectivity index (χ3v) is 4.41. The SMILES string of the molecule is CN(C)C[C@@H]1CC[C@H](C2CCCC2)N1C. The maximum Gasteiger partial charge on any atom is 0.0223 e. The Labute approximate surface area is 94.6 Å². The number of hydrogen-bond donors (Lipinski definition) is 0. The van der Waals surface area contributed by atoms with Gasteiger partial charge in [0.05, 0.1) is 0 Å². The maximum atomic E-state index is 2.68. The van der Waals surface area contributed by atoms with Crippen LogP contribution in [0.4, 0.5) is 0 Å². The second-order valence-corrected chi connectivity index (χ2v) is 5.77. The van der Waals surface area contributed by atoms with E-state index in [2.05, 4.69) is 30.9 Å². The molecule has 0 aromatic carbocycles. The number of likely N-dealkylation sites (N-methyl/N-ethyl adjacent to an activating group) is 2. The van der Waals surface area contributed by atoms with Crippen LogP contribution in [-0.4, -0.2) is 49.6 Å². The molecule has 1 aliphatic heterocycles. The summed E-state index contributed by atoms with van der Waals surface area (Å²) in [7, 11) is 6.73. The first kappa shape index (κ1) is 11.4. The maximum absolute atomic E-state index is 2.68. The average Bonchev–Trinajstić information content (AvgIpc) is 2.76. The number of rotatable bonds is 3. The largest absolute Gasteiger partial charge is 0.308 e. The lowest BCUT2D eigenvalue weighted by Crippen LogP contribution is -2.41. The van der Waals surface area contributed by atoms with Gasteiger partial charge in [-0.1, -0.05) is 12.8 Å². The fourth-order valence-electron chi connectivity index (χ4n) is 3.59. The van der Waals surface area contributed by atoms with Crippen molar-refractivity contribution in [2.24, 2.45) is 5.92 Å². The van der Waals surface area contributed by atoms with E-state index < -0.39 is 0 Å². The summed E-state index contributed by atoms with van der Waals surface area (Å²) in [6.07, 6.45) is 8.80. The van der Waals surface area contributed by atoms with Gasteiger partial charge in [-0.05, 0) is 52.7 Å². The molecule has 2 atom stereocenters. The number of nitrogens with zero attached hydrogens (tertiary/aromatic N) is 2. The Hall–Kier alpha value is -0.0800. The van der Waals surface area contributed by atoms with Gasteiger partial charge in [0.2, 0.25) is 0 Å². The lowest BCUT2D eigenvalue weighted by Gasteiger charge is -2.31. The molecule has 0 radical (unpaired) electrons. The summed E-state index contributed by atoms with van der Waals surface area (Å²) in [5, 5.41) is 0. The van der Waals surface area contributed by atoms with Crippen molar-refractivity contribution in [1.29, 1.82) is 0 Å². The Bertz CT molecular complexity index is 197. The van der Waals surface area contributed by atoms with Crippen molar-refractivity contribution in [3.05, 3.63) is 0 Å². The molecular formula is C13H26N2. The minimum Gasteiger partial charge on any atom is -0.308 e. The average molecular weight is 210 g/mol. The first-order chi connectivity index (χ1) is 7.18. The van der Waals surface area contributed by atoms with Crippen molar-refractivity contribution >= 4 is 0 Å². The molecule has 2 aliphatic rings.